The third kappa shape index (κ3) is 19.0. The van der Waals surface area contributed by atoms with Gasteiger partial charge in [0, 0.05) is 55.6 Å². The maximum absolute atomic E-state index is 13.1. The highest BCUT2D eigenvalue weighted by molar-refractivity contribution is 5.69. The molecule has 0 radical (unpaired) electrons. The first-order chi connectivity index (χ1) is 35.8. The van der Waals surface area contributed by atoms with Gasteiger partial charge in [-0.05, 0) is 31.2 Å². The molecule has 28 heteroatoms. The van der Waals surface area contributed by atoms with E-state index in [2.05, 4.69) is 0 Å². The number of hydrogen-bond acceptors (Lipinski definition) is 28. The Bertz CT molecular complexity index is 2000. The van der Waals surface area contributed by atoms with Crippen molar-refractivity contribution < 1.29 is 134 Å². The van der Waals surface area contributed by atoms with Crippen molar-refractivity contribution in [2.24, 2.45) is 0 Å². The van der Waals surface area contributed by atoms with E-state index in [9.17, 15) is 33.6 Å². The first-order valence-corrected chi connectivity index (χ1v) is 23.9. The molecule has 0 aromatic heterocycles. The van der Waals surface area contributed by atoms with Gasteiger partial charge in [0.1, 0.15) is 75.6 Å². The maximum atomic E-state index is 13.1. The number of carbonyl (C=O) groups is 7. The number of ether oxygens (including phenoxy) is 17. The number of rotatable bonds is 14. The number of carbonyl (C=O) groups excluding carboxylic acids is 7. The molecule has 6 rings (SSSR count). The summed E-state index contributed by atoms with van der Waals surface area (Å²) >= 11 is 0. The lowest BCUT2D eigenvalue weighted by molar-refractivity contribution is -0.459. The molecule has 1 aromatic rings. The maximum Gasteiger partial charge on any atom is 0.303 e. The average molecular weight is 1080 g/mol. The van der Waals surface area contributed by atoms with Crippen LogP contribution in [0.15, 0.2) is 24.3 Å². The molecule has 0 spiro atoms. The zero-order valence-electron chi connectivity index (χ0n) is 43.0. The topological polar surface area (TPSA) is 313 Å². The second-order valence-corrected chi connectivity index (χ2v) is 16.9. The van der Waals surface area contributed by atoms with Crippen molar-refractivity contribution in [1.82, 2.24) is 0 Å². The molecule has 0 N–H and O–H groups in total. The lowest BCUT2D eigenvalue weighted by atomic mass is 9.95. The Morgan fingerprint density at radius 1 is 0.440 bits per heavy atom. The second kappa shape index (κ2) is 30.4. The normalized spacial score (nSPS) is 32.1. The Morgan fingerprint density at radius 3 is 1.27 bits per heavy atom. The van der Waals surface area contributed by atoms with Gasteiger partial charge in [-0.2, -0.15) is 0 Å². The van der Waals surface area contributed by atoms with E-state index in [0.29, 0.717) is 11.5 Å². The quantitative estimate of drug-likeness (QED) is 0.106. The van der Waals surface area contributed by atoms with Crippen molar-refractivity contribution in [3.8, 4) is 11.5 Å². The zero-order chi connectivity index (χ0) is 54.6. The molecule has 5 aliphatic rings. The van der Waals surface area contributed by atoms with E-state index in [1.807, 2.05) is 0 Å². The van der Waals surface area contributed by atoms with Crippen LogP contribution < -0.4 is 9.47 Å². The average Bonchev–Trinajstić information content (AvgIpc) is 3.33. The van der Waals surface area contributed by atoms with Gasteiger partial charge in [0.25, 0.3) is 0 Å². The van der Waals surface area contributed by atoms with E-state index in [0.717, 1.165) is 48.5 Å². The number of methoxy groups -OCH3 is 1. The number of hydrogen-bond donors (Lipinski definition) is 0. The summed E-state index contributed by atoms with van der Waals surface area (Å²) < 4.78 is 99.2. The van der Waals surface area contributed by atoms with Crippen molar-refractivity contribution in [2.75, 3.05) is 73.2 Å². The molecule has 28 nitrogen and oxygen atoms in total. The molecule has 3 fully saturated rings. The highest BCUT2D eigenvalue weighted by atomic mass is 17.2. The van der Waals surface area contributed by atoms with E-state index < -0.39 is 147 Å². The van der Waals surface area contributed by atoms with E-state index in [1.165, 1.54) is 7.11 Å². The van der Waals surface area contributed by atoms with Crippen LogP contribution in [0, 0.1) is 0 Å². The van der Waals surface area contributed by atoms with Crippen molar-refractivity contribution in [3.05, 3.63) is 24.3 Å². The Hall–Kier alpha value is -5.37. The third-order valence-corrected chi connectivity index (χ3v) is 10.9. The predicted molar refractivity (Wildman–Crippen MR) is 240 cm³/mol. The van der Waals surface area contributed by atoms with Gasteiger partial charge in [0.15, 0.2) is 61.6 Å². The molecule has 2 bridgehead atoms. The van der Waals surface area contributed by atoms with Gasteiger partial charge in [-0.1, -0.05) is 0 Å². The van der Waals surface area contributed by atoms with Gasteiger partial charge in [0.05, 0.1) is 32.5 Å². The zero-order valence-corrected chi connectivity index (χ0v) is 43.0. The van der Waals surface area contributed by atoms with Crippen LogP contribution in [0.2, 0.25) is 0 Å². The molecule has 3 saturated heterocycles. The van der Waals surface area contributed by atoms with Crippen LogP contribution in [-0.4, -0.2) is 207 Å². The summed E-state index contributed by atoms with van der Waals surface area (Å²) in [5.41, 5.74) is 0. The Balaban J connectivity index is 1.50. The monoisotopic (exact) mass is 1080 g/mol. The molecule has 15 atom stereocenters. The largest absolute Gasteiger partial charge is 0.491 e. The molecule has 5 heterocycles. The van der Waals surface area contributed by atoms with Crippen LogP contribution in [0.5, 0.6) is 11.5 Å². The minimum absolute atomic E-state index is 0.0244. The molecule has 5 aliphatic heterocycles. The van der Waals surface area contributed by atoms with Crippen LogP contribution in [-0.2, 0) is 124 Å². The van der Waals surface area contributed by atoms with Crippen molar-refractivity contribution >= 4 is 41.8 Å². The third-order valence-electron chi connectivity index (χ3n) is 10.9. The molecule has 0 aliphatic carbocycles. The van der Waals surface area contributed by atoms with E-state index in [4.69, 9.17) is 100 Å². The van der Waals surface area contributed by atoms with Crippen molar-refractivity contribution in [3.63, 3.8) is 0 Å². The fraction of sp³-hybridized carbons (Fsp3) is 0.723. The van der Waals surface area contributed by atoms with Crippen molar-refractivity contribution in [1.29, 1.82) is 0 Å². The minimum Gasteiger partial charge on any atom is -0.491 e. The van der Waals surface area contributed by atoms with E-state index in [-0.39, 0.29) is 52.9 Å². The smallest absolute Gasteiger partial charge is 0.303 e. The Labute approximate surface area is 431 Å². The Morgan fingerprint density at radius 2 is 0.827 bits per heavy atom. The molecule has 0 saturated carbocycles. The molecular formula is C47H66O28. The summed E-state index contributed by atoms with van der Waals surface area (Å²) in [6.45, 7) is 8.19. The standard InChI is InChI=1S/C47H66O28/c1-24-36(41-44(45(55-9)64-24)75-63-21-17-57-15-19-59-33-12-10-32(11-13-33)58-18-14-56-16-20-62-74-41)72-46-43(69-31(8)54)40(67-29(6)52)38(35(71-46)23-61-26(3)49)73-47-42(68-30(7)53)39(66-28(5)51)37(65-27(4)50)34(70-47)22-60-25(2)48/h10-13,24,34-47H,14-23H2,1-9H3/t24-,34-,35-,36-,37+,38-,39+,40+,41+,42-,43-,44-,45+,46+,47+/m1/s1. The highest BCUT2D eigenvalue weighted by Gasteiger charge is 2.59. The number of esters is 7. The van der Waals surface area contributed by atoms with Crippen LogP contribution in [0.25, 0.3) is 0 Å². The fourth-order valence-electron chi connectivity index (χ4n) is 8.01. The van der Waals surface area contributed by atoms with Crippen LogP contribution in [0.4, 0.5) is 0 Å². The molecule has 422 valence electrons. The summed E-state index contributed by atoms with van der Waals surface area (Å²) in [6.07, 6.45) is -23.5. The second-order valence-electron chi connectivity index (χ2n) is 16.9. The molecule has 75 heavy (non-hydrogen) atoms. The number of benzene rings is 1. The highest BCUT2D eigenvalue weighted by Crippen LogP contribution is 2.38. The summed E-state index contributed by atoms with van der Waals surface area (Å²) in [4.78, 5) is 111. The molecular weight excluding hydrogens is 1010 g/mol. The lowest BCUT2D eigenvalue weighted by Crippen LogP contribution is -2.68. The minimum atomic E-state index is -1.92. The van der Waals surface area contributed by atoms with Gasteiger partial charge in [-0.25, -0.2) is 19.6 Å². The molecule has 0 amide bonds. The predicted octanol–water partition coefficient (Wildman–Crippen LogP) is 0.521. The van der Waals surface area contributed by atoms with Crippen LogP contribution in [0.1, 0.15) is 55.4 Å². The van der Waals surface area contributed by atoms with Gasteiger partial charge >= 0.3 is 41.8 Å². The number of fused-ring (bicyclic) bond motifs is 16. The summed E-state index contributed by atoms with van der Waals surface area (Å²) in [6, 6.07) is 7.03. The fourth-order valence-corrected chi connectivity index (χ4v) is 8.01. The van der Waals surface area contributed by atoms with Gasteiger partial charge in [-0.3, -0.25) is 33.6 Å². The summed E-state index contributed by atoms with van der Waals surface area (Å²) in [5.74, 6) is -5.13. The molecule has 0 unspecified atom stereocenters. The van der Waals surface area contributed by atoms with Gasteiger partial charge in [-0.15, -0.1) is 0 Å². The van der Waals surface area contributed by atoms with Crippen LogP contribution in [0.3, 0.4) is 0 Å². The first-order valence-electron chi connectivity index (χ1n) is 23.9. The van der Waals surface area contributed by atoms with Crippen molar-refractivity contribution in [2.45, 2.75) is 148 Å². The first kappa shape index (κ1) is 60.5. The summed E-state index contributed by atoms with van der Waals surface area (Å²) in [5, 5.41) is 0. The lowest BCUT2D eigenvalue weighted by Gasteiger charge is -2.50. The SMILES string of the molecule is CO[C@H]1O[C@H](C)[C@@H](O[C@@H]2O[C@H](COC(C)=O)[C@@H](O[C@@H]3O[C@H](COC(C)=O)[C@H](OC(C)=O)[C@H](OC(C)=O)[C@H]3OC(C)=O)[C@H](OC(C)=O)[C@H]2OC(C)=O)[C@@H]2OOCCOCCOc3ccc(cc3)OCCOCCOO[C@@H]12. The van der Waals surface area contributed by atoms with E-state index in [1.54, 1.807) is 31.2 Å². The van der Waals surface area contributed by atoms with Gasteiger partial charge in [0.2, 0.25) is 0 Å². The summed E-state index contributed by atoms with van der Waals surface area (Å²) in [7, 11) is 1.34. The van der Waals surface area contributed by atoms with Crippen LogP contribution >= 0.6 is 0 Å². The van der Waals surface area contributed by atoms with E-state index >= 15 is 0 Å². The Kier molecular flexibility index (Phi) is 24.5. The van der Waals surface area contributed by atoms with Gasteiger partial charge < -0.3 is 80.5 Å². The molecule has 1 aromatic carbocycles.